The van der Waals surface area contributed by atoms with Gasteiger partial charge >= 0.3 is 0 Å². The van der Waals surface area contributed by atoms with Gasteiger partial charge in [-0.3, -0.25) is 0 Å². The maximum absolute atomic E-state index is 6.35. The molecule has 0 aliphatic rings. The molecule has 2 heterocycles. The molecular weight excluding hydrogens is 673 g/mol. The van der Waals surface area contributed by atoms with Crippen molar-refractivity contribution in [2.75, 3.05) is 0 Å². The summed E-state index contributed by atoms with van der Waals surface area (Å²) in [5.74, 6) is 0. The fourth-order valence-electron chi connectivity index (χ4n) is 9.07. The molecule has 0 fully saturated rings. The highest BCUT2D eigenvalue weighted by atomic mass is 32.1. The van der Waals surface area contributed by atoms with Crippen molar-refractivity contribution < 1.29 is 4.42 Å². The molecule has 0 aliphatic heterocycles. The molecule has 0 aliphatic carbocycles. The van der Waals surface area contributed by atoms with Crippen LogP contribution in [-0.4, -0.2) is 0 Å². The van der Waals surface area contributed by atoms with Crippen molar-refractivity contribution in [1.29, 1.82) is 0 Å². The monoisotopic (exact) mass is 702 g/mol. The van der Waals surface area contributed by atoms with Crippen LogP contribution in [0.3, 0.4) is 0 Å². The predicted octanol–water partition coefficient (Wildman–Crippen LogP) is 15.6. The minimum Gasteiger partial charge on any atom is -0.456 e. The number of benzene rings is 10. The first kappa shape index (κ1) is 29.8. The van der Waals surface area contributed by atoms with Crippen LogP contribution >= 0.6 is 11.3 Å². The molecule has 0 saturated heterocycles. The second-order valence-electron chi connectivity index (χ2n) is 14.3. The van der Waals surface area contributed by atoms with Crippen molar-refractivity contribution in [3.8, 4) is 33.4 Å². The van der Waals surface area contributed by atoms with Crippen LogP contribution < -0.4 is 0 Å². The van der Waals surface area contributed by atoms with E-state index in [0.29, 0.717) is 0 Å². The van der Waals surface area contributed by atoms with Gasteiger partial charge < -0.3 is 4.42 Å². The van der Waals surface area contributed by atoms with Gasteiger partial charge in [0.15, 0.2) is 0 Å². The van der Waals surface area contributed by atoms with E-state index in [2.05, 4.69) is 176 Å². The molecule has 0 saturated carbocycles. The van der Waals surface area contributed by atoms with Crippen LogP contribution in [0.4, 0.5) is 0 Å². The molecule has 10 aromatic carbocycles. The average molecular weight is 703 g/mol. The molecule has 0 radical (unpaired) electrons. The van der Waals surface area contributed by atoms with E-state index in [9.17, 15) is 0 Å². The first-order chi connectivity index (χ1) is 26.8. The van der Waals surface area contributed by atoms with Gasteiger partial charge in [0.05, 0.1) is 0 Å². The lowest BCUT2D eigenvalue weighted by Crippen LogP contribution is -1.91. The summed E-state index contributed by atoms with van der Waals surface area (Å²) in [6.07, 6.45) is 0. The van der Waals surface area contributed by atoms with Gasteiger partial charge in [-0.15, -0.1) is 11.3 Å². The summed E-state index contributed by atoms with van der Waals surface area (Å²) >= 11 is 1.89. The third-order valence-corrected chi connectivity index (χ3v) is 12.6. The molecule has 1 nitrogen and oxygen atoms in total. The summed E-state index contributed by atoms with van der Waals surface area (Å²) < 4.78 is 8.94. The fraction of sp³-hybridized carbons (Fsp3) is 0. The number of para-hydroxylation sites is 1. The highest BCUT2D eigenvalue weighted by molar-refractivity contribution is 7.26. The van der Waals surface area contributed by atoms with E-state index in [0.717, 1.165) is 11.2 Å². The number of fused-ring (bicyclic) bond motifs is 11. The zero-order valence-electron chi connectivity index (χ0n) is 29.1. The Morgan fingerprint density at radius 3 is 1.56 bits per heavy atom. The van der Waals surface area contributed by atoms with Gasteiger partial charge in [-0.1, -0.05) is 152 Å². The van der Waals surface area contributed by atoms with E-state index in [4.69, 9.17) is 4.42 Å². The van der Waals surface area contributed by atoms with Gasteiger partial charge in [0.2, 0.25) is 0 Å². The summed E-state index contributed by atoms with van der Waals surface area (Å²) in [7, 11) is 0. The normalized spacial score (nSPS) is 12.1. The fourth-order valence-corrected chi connectivity index (χ4v) is 10.3. The van der Waals surface area contributed by atoms with Crippen LogP contribution in [0.5, 0.6) is 0 Å². The van der Waals surface area contributed by atoms with Crippen LogP contribution in [0, 0.1) is 0 Å². The molecule has 0 atom stereocenters. The van der Waals surface area contributed by atoms with E-state index < -0.39 is 0 Å². The lowest BCUT2D eigenvalue weighted by atomic mass is 9.85. The van der Waals surface area contributed by atoms with E-state index in [1.54, 1.807) is 0 Å². The van der Waals surface area contributed by atoms with Crippen molar-refractivity contribution in [1.82, 2.24) is 0 Å². The van der Waals surface area contributed by atoms with Crippen LogP contribution in [0.15, 0.2) is 186 Å². The average Bonchev–Trinajstić information content (AvgIpc) is 3.80. The quantitative estimate of drug-likeness (QED) is 0.167. The summed E-state index contributed by atoms with van der Waals surface area (Å²) in [6.45, 7) is 0. The Balaban J connectivity index is 1.09. The van der Waals surface area contributed by atoms with E-state index in [1.807, 2.05) is 17.4 Å². The Bertz CT molecular complexity index is 3430. The van der Waals surface area contributed by atoms with E-state index in [1.165, 1.54) is 107 Å². The topological polar surface area (TPSA) is 13.1 Å². The molecule has 0 bridgehead atoms. The molecule has 12 aromatic rings. The standard InChI is InChI=1S/C52H30OS/c1-2-12-34-29-36(26-21-31(34)11-1)48-40-17-7-5-15-38(40)47(39-16-6-8-18-41(39)48)32-22-24-33(25-23-32)49-37-14-4-3-13-35(37)30-43-51-46(54-52(43)49)28-27-45-50(51)42-19-9-10-20-44(42)53-45/h1-30H. The van der Waals surface area contributed by atoms with Crippen LogP contribution in [-0.2, 0) is 0 Å². The molecule has 2 heteroatoms. The van der Waals surface area contributed by atoms with Crippen molar-refractivity contribution >= 4 is 96.5 Å². The van der Waals surface area contributed by atoms with Gasteiger partial charge in [-0.25, -0.2) is 0 Å². The van der Waals surface area contributed by atoms with Crippen molar-refractivity contribution in [3.05, 3.63) is 182 Å². The first-order valence-electron chi connectivity index (χ1n) is 18.5. The van der Waals surface area contributed by atoms with Crippen molar-refractivity contribution in [2.45, 2.75) is 0 Å². The second kappa shape index (κ2) is 11.4. The highest BCUT2D eigenvalue weighted by Crippen LogP contribution is 2.49. The van der Waals surface area contributed by atoms with Crippen LogP contribution in [0.2, 0.25) is 0 Å². The van der Waals surface area contributed by atoms with E-state index >= 15 is 0 Å². The van der Waals surface area contributed by atoms with Crippen molar-refractivity contribution in [2.24, 2.45) is 0 Å². The molecule has 54 heavy (non-hydrogen) atoms. The Hall–Kier alpha value is -6.74. The van der Waals surface area contributed by atoms with Gasteiger partial charge in [0.25, 0.3) is 0 Å². The number of thiophene rings is 1. The first-order valence-corrected chi connectivity index (χ1v) is 19.3. The molecule has 0 unspecified atom stereocenters. The zero-order valence-corrected chi connectivity index (χ0v) is 30.0. The summed E-state index contributed by atoms with van der Waals surface area (Å²) in [4.78, 5) is 0. The molecular formula is C52H30OS. The van der Waals surface area contributed by atoms with Crippen LogP contribution in [0.1, 0.15) is 0 Å². The molecule has 2 aromatic heterocycles. The minimum atomic E-state index is 0.932. The van der Waals surface area contributed by atoms with Crippen molar-refractivity contribution in [3.63, 3.8) is 0 Å². The molecule has 0 spiro atoms. The smallest absolute Gasteiger partial charge is 0.136 e. The Morgan fingerprint density at radius 2 is 0.852 bits per heavy atom. The van der Waals surface area contributed by atoms with Crippen LogP contribution in [0.25, 0.3) is 119 Å². The molecule has 0 amide bonds. The third-order valence-electron chi connectivity index (χ3n) is 11.4. The number of hydrogen-bond acceptors (Lipinski definition) is 2. The van der Waals surface area contributed by atoms with Gasteiger partial charge in [-0.05, 0) is 101 Å². The second-order valence-corrected chi connectivity index (χ2v) is 15.4. The Kier molecular flexibility index (Phi) is 6.28. The van der Waals surface area contributed by atoms with Gasteiger partial charge in [-0.2, -0.15) is 0 Å². The largest absolute Gasteiger partial charge is 0.456 e. The lowest BCUT2D eigenvalue weighted by molar-refractivity contribution is 0.669. The molecule has 12 rings (SSSR count). The SMILES string of the molecule is c1ccc2cc(-c3c4ccccc4c(-c4ccc(-c5c6ccccc6cc6c5sc5ccc7oc8ccccc8c7c56)cc4)c4ccccc34)ccc2c1. The predicted molar refractivity (Wildman–Crippen MR) is 233 cm³/mol. The van der Waals surface area contributed by atoms with Gasteiger partial charge in [0, 0.05) is 36.5 Å². The summed E-state index contributed by atoms with van der Waals surface area (Å²) in [5, 5.41) is 15.0. The number of hydrogen-bond donors (Lipinski definition) is 0. The lowest BCUT2D eigenvalue weighted by Gasteiger charge is -2.18. The van der Waals surface area contributed by atoms with Gasteiger partial charge in [0.1, 0.15) is 11.2 Å². The minimum absolute atomic E-state index is 0.932. The Labute approximate surface area is 314 Å². The Morgan fingerprint density at radius 1 is 0.315 bits per heavy atom. The summed E-state index contributed by atoms with van der Waals surface area (Å²) in [6, 6.07) is 66.7. The maximum Gasteiger partial charge on any atom is 0.136 e. The highest BCUT2D eigenvalue weighted by Gasteiger charge is 2.21. The zero-order chi connectivity index (χ0) is 35.3. The number of furan rings is 1. The summed E-state index contributed by atoms with van der Waals surface area (Å²) in [5.41, 5.74) is 9.41. The van der Waals surface area contributed by atoms with E-state index in [-0.39, 0.29) is 0 Å². The molecule has 0 N–H and O–H groups in total. The molecule has 250 valence electrons. The number of rotatable bonds is 3. The maximum atomic E-state index is 6.35. The third kappa shape index (κ3) is 4.26.